The van der Waals surface area contributed by atoms with Crippen molar-refractivity contribution in [3.63, 3.8) is 0 Å². The summed E-state index contributed by atoms with van der Waals surface area (Å²) in [7, 11) is 0. The first kappa shape index (κ1) is 18.3. The summed E-state index contributed by atoms with van der Waals surface area (Å²) in [5, 5.41) is 4.99. The summed E-state index contributed by atoms with van der Waals surface area (Å²) in [6, 6.07) is 5.83. The van der Waals surface area contributed by atoms with Gasteiger partial charge < -0.3 is 14.5 Å². The molecule has 0 unspecified atom stereocenters. The number of H-pyrrole nitrogens is 1. The molecule has 0 aromatic carbocycles. The van der Waals surface area contributed by atoms with E-state index in [4.69, 9.17) is 14.5 Å². The smallest absolute Gasteiger partial charge is 0.262 e. The van der Waals surface area contributed by atoms with Gasteiger partial charge in [-0.2, -0.15) is 5.10 Å². The Morgan fingerprint density at radius 1 is 1.28 bits per heavy atom. The van der Waals surface area contributed by atoms with E-state index in [-0.39, 0.29) is 23.7 Å². The number of aromatic amines is 1. The Morgan fingerprint density at radius 2 is 2.10 bits per heavy atom. The highest BCUT2D eigenvalue weighted by molar-refractivity contribution is 5.73. The molecule has 2 aliphatic rings. The average molecular weight is 396 g/mol. The Labute approximate surface area is 167 Å². The lowest BCUT2D eigenvalue weighted by molar-refractivity contribution is -0.00964. The molecule has 2 fully saturated rings. The van der Waals surface area contributed by atoms with Crippen LogP contribution < -0.4 is 10.3 Å². The minimum absolute atomic E-state index is 0.0197. The Kier molecular flexibility index (Phi) is 4.76. The molecule has 0 saturated carbocycles. The van der Waals surface area contributed by atoms with Gasteiger partial charge in [-0.15, -0.1) is 0 Å². The van der Waals surface area contributed by atoms with Crippen LogP contribution in [0.5, 0.6) is 5.88 Å². The van der Waals surface area contributed by atoms with Crippen LogP contribution in [-0.4, -0.2) is 62.0 Å². The molecule has 2 saturated heterocycles. The van der Waals surface area contributed by atoms with Gasteiger partial charge in [-0.1, -0.05) is 6.07 Å². The maximum Gasteiger partial charge on any atom is 0.262 e. The monoisotopic (exact) mass is 396 g/mol. The third-order valence-electron chi connectivity index (χ3n) is 5.76. The second kappa shape index (κ2) is 7.57. The van der Waals surface area contributed by atoms with Gasteiger partial charge in [-0.25, -0.2) is 14.6 Å². The minimum atomic E-state index is -0.142. The van der Waals surface area contributed by atoms with Gasteiger partial charge in [0.05, 0.1) is 18.3 Å². The number of nitrogens with zero attached hydrogens (tertiary/aromatic N) is 5. The highest BCUT2D eigenvalue weighted by Crippen LogP contribution is 2.27. The summed E-state index contributed by atoms with van der Waals surface area (Å²) in [5.41, 5.74) is 0.515. The molecule has 2 aliphatic heterocycles. The van der Waals surface area contributed by atoms with E-state index in [0.717, 1.165) is 25.9 Å². The van der Waals surface area contributed by atoms with Gasteiger partial charge >= 0.3 is 0 Å². The number of aromatic nitrogens is 5. The van der Waals surface area contributed by atoms with Gasteiger partial charge in [0.25, 0.3) is 5.56 Å². The standard InChI is InChI=1S/C20H24N6O3/c1-13(25-11-15(12-25)29-17-4-2-3-7-21-17)18-23-19-16(20(27)24-18)10-22-26(19)14-5-8-28-9-6-14/h2-4,7,10,13-15H,5-6,8-9,11-12H2,1H3,(H,23,24,27)/t13-/m1/s1. The van der Waals surface area contributed by atoms with Crippen LogP contribution in [0.25, 0.3) is 11.0 Å². The van der Waals surface area contributed by atoms with Crippen LogP contribution >= 0.6 is 0 Å². The molecule has 0 spiro atoms. The van der Waals surface area contributed by atoms with Crippen LogP contribution in [0.3, 0.4) is 0 Å². The number of nitrogens with one attached hydrogen (secondary N) is 1. The van der Waals surface area contributed by atoms with Crippen molar-refractivity contribution < 1.29 is 9.47 Å². The van der Waals surface area contributed by atoms with E-state index < -0.39 is 0 Å². The van der Waals surface area contributed by atoms with E-state index >= 15 is 0 Å². The largest absolute Gasteiger partial charge is 0.472 e. The first-order valence-electron chi connectivity index (χ1n) is 10.1. The van der Waals surface area contributed by atoms with E-state index in [1.54, 1.807) is 12.4 Å². The van der Waals surface area contributed by atoms with Crippen LogP contribution in [0.15, 0.2) is 35.4 Å². The van der Waals surface area contributed by atoms with Crippen molar-refractivity contribution in [1.82, 2.24) is 29.6 Å². The molecule has 1 atom stereocenters. The maximum atomic E-state index is 12.6. The summed E-state index contributed by atoms with van der Waals surface area (Å²) in [4.78, 5) is 26.8. The summed E-state index contributed by atoms with van der Waals surface area (Å²) in [6.45, 7) is 5.00. The van der Waals surface area contributed by atoms with Crippen molar-refractivity contribution in [3.8, 4) is 5.88 Å². The lowest BCUT2D eigenvalue weighted by Crippen LogP contribution is -2.54. The second-order valence-corrected chi connectivity index (χ2v) is 7.66. The highest BCUT2D eigenvalue weighted by atomic mass is 16.5. The molecule has 0 bridgehead atoms. The van der Waals surface area contributed by atoms with Crippen LogP contribution in [-0.2, 0) is 4.74 Å². The minimum Gasteiger partial charge on any atom is -0.472 e. The van der Waals surface area contributed by atoms with Gasteiger partial charge in [0.2, 0.25) is 5.88 Å². The molecule has 9 heteroatoms. The van der Waals surface area contributed by atoms with E-state index in [0.29, 0.717) is 36.0 Å². The molecule has 9 nitrogen and oxygen atoms in total. The average Bonchev–Trinajstić information content (AvgIpc) is 3.16. The highest BCUT2D eigenvalue weighted by Gasteiger charge is 2.34. The fraction of sp³-hybridized carbons (Fsp3) is 0.500. The normalized spacial score (nSPS) is 19.9. The molecular weight excluding hydrogens is 372 g/mol. The molecule has 0 amide bonds. The topological polar surface area (TPSA) is 98.2 Å². The van der Waals surface area contributed by atoms with Crippen LogP contribution in [0, 0.1) is 0 Å². The second-order valence-electron chi connectivity index (χ2n) is 7.66. The predicted molar refractivity (Wildman–Crippen MR) is 106 cm³/mol. The molecule has 0 radical (unpaired) electrons. The van der Waals surface area contributed by atoms with Crippen molar-refractivity contribution in [1.29, 1.82) is 0 Å². The Balaban J connectivity index is 1.33. The zero-order valence-corrected chi connectivity index (χ0v) is 16.3. The van der Waals surface area contributed by atoms with E-state index in [1.165, 1.54) is 0 Å². The van der Waals surface area contributed by atoms with Crippen molar-refractivity contribution in [2.45, 2.75) is 38.0 Å². The molecule has 3 aromatic heterocycles. The number of hydrogen-bond acceptors (Lipinski definition) is 7. The molecule has 3 aromatic rings. The third-order valence-corrected chi connectivity index (χ3v) is 5.76. The van der Waals surface area contributed by atoms with Gasteiger partial charge in [0.1, 0.15) is 17.3 Å². The Bertz CT molecular complexity index is 1040. The fourth-order valence-corrected chi connectivity index (χ4v) is 3.97. The van der Waals surface area contributed by atoms with E-state index in [9.17, 15) is 4.79 Å². The molecule has 0 aliphatic carbocycles. The van der Waals surface area contributed by atoms with Gasteiger partial charge in [0, 0.05) is 38.6 Å². The summed E-state index contributed by atoms with van der Waals surface area (Å²) in [5.74, 6) is 1.30. The predicted octanol–water partition coefficient (Wildman–Crippen LogP) is 1.69. The van der Waals surface area contributed by atoms with E-state index in [1.807, 2.05) is 22.9 Å². The van der Waals surface area contributed by atoms with Gasteiger partial charge in [-0.3, -0.25) is 9.69 Å². The number of ether oxygens (including phenoxy) is 2. The van der Waals surface area contributed by atoms with Crippen molar-refractivity contribution in [3.05, 3.63) is 46.8 Å². The molecule has 5 heterocycles. The van der Waals surface area contributed by atoms with Crippen LogP contribution in [0.4, 0.5) is 0 Å². The number of likely N-dealkylation sites (tertiary alicyclic amines) is 1. The Morgan fingerprint density at radius 3 is 2.86 bits per heavy atom. The third kappa shape index (κ3) is 3.51. The lowest BCUT2D eigenvalue weighted by atomic mass is 10.1. The van der Waals surface area contributed by atoms with Crippen molar-refractivity contribution in [2.75, 3.05) is 26.3 Å². The molecule has 5 rings (SSSR count). The SMILES string of the molecule is C[C@H](c1nc2c(cnn2C2CCOCC2)c(=O)[nH]1)N1CC(Oc2ccccn2)C1. The molecule has 1 N–H and O–H groups in total. The summed E-state index contributed by atoms with van der Waals surface area (Å²) in [6.07, 6.45) is 5.20. The molecular formula is C20H24N6O3. The van der Waals surface area contributed by atoms with Crippen molar-refractivity contribution >= 4 is 11.0 Å². The molecule has 29 heavy (non-hydrogen) atoms. The quantitative estimate of drug-likeness (QED) is 0.701. The lowest BCUT2D eigenvalue weighted by Gasteiger charge is -2.41. The van der Waals surface area contributed by atoms with Crippen LogP contribution in [0.2, 0.25) is 0 Å². The summed E-state index contributed by atoms with van der Waals surface area (Å²) >= 11 is 0. The maximum absolute atomic E-state index is 12.6. The zero-order valence-electron chi connectivity index (χ0n) is 16.3. The first-order valence-corrected chi connectivity index (χ1v) is 10.1. The number of hydrogen-bond donors (Lipinski definition) is 1. The first-order chi connectivity index (χ1) is 14.2. The van der Waals surface area contributed by atoms with E-state index in [2.05, 4.69) is 26.9 Å². The van der Waals surface area contributed by atoms with Gasteiger partial charge in [-0.05, 0) is 25.8 Å². The van der Waals surface area contributed by atoms with Crippen molar-refractivity contribution in [2.24, 2.45) is 0 Å². The fourth-order valence-electron chi connectivity index (χ4n) is 3.97. The van der Waals surface area contributed by atoms with Crippen LogP contribution in [0.1, 0.15) is 37.7 Å². The van der Waals surface area contributed by atoms with Gasteiger partial charge in [0.15, 0.2) is 5.65 Å². The molecule has 152 valence electrons. The number of pyridine rings is 1. The number of fused-ring (bicyclic) bond motifs is 1. The number of rotatable bonds is 5. The summed E-state index contributed by atoms with van der Waals surface area (Å²) < 4.78 is 13.2. The Hall–Kier alpha value is -2.78. The zero-order chi connectivity index (χ0) is 19.8.